The molecular formula is C25H26N4O3. The summed E-state index contributed by atoms with van der Waals surface area (Å²) in [5.41, 5.74) is 5.52. The Morgan fingerprint density at radius 1 is 1.06 bits per heavy atom. The molecule has 7 nitrogen and oxygen atoms in total. The van der Waals surface area contributed by atoms with Crippen molar-refractivity contribution in [3.63, 3.8) is 0 Å². The lowest BCUT2D eigenvalue weighted by Gasteiger charge is -2.14. The van der Waals surface area contributed by atoms with Gasteiger partial charge in [0, 0.05) is 42.2 Å². The highest BCUT2D eigenvalue weighted by Crippen LogP contribution is 2.37. The van der Waals surface area contributed by atoms with E-state index in [4.69, 9.17) is 4.42 Å². The van der Waals surface area contributed by atoms with E-state index in [1.165, 1.54) is 12.8 Å². The molecule has 0 unspecified atom stereocenters. The number of oxime groups is 1. The molecule has 0 bridgehead atoms. The molecule has 0 saturated carbocycles. The van der Waals surface area contributed by atoms with Gasteiger partial charge in [0.2, 0.25) is 0 Å². The Morgan fingerprint density at radius 3 is 2.66 bits per heavy atom. The minimum absolute atomic E-state index is 0.207. The monoisotopic (exact) mass is 430 g/mol. The van der Waals surface area contributed by atoms with Crippen molar-refractivity contribution in [1.29, 1.82) is 0 Å². The summed E-state index contributed by atoms with van der Waals surface area (Å²) in [5, 5.41) is 15.6. The lowest BCUT2D eigenvalue weighted by Crippen LogP contribution is -2.33. The zero-order valence-corrected chi connectivity index (χ0v) is 17.9. The summed E-state index contributed by atoms with van der Waals surface area (Å²) in [6, 6.07) is 11.6. The molecule has 1 amide bonds. The van der Waals surface area contributed by atoms with Crippen LogP contribution < -0.4 is 5.32 Å². The molecule has 1 aromatic carbocycles. The molecule has 2 N–H and O–H groups in total. The van der Waals surface area contributed by atoms with Crippen molar-refractivity contribution in [2.24, 2.45) is 5.16 Å². The Kier molecular flexibility index (Phi) is 5.73. The van der Waals surface area contributed by atoms with E-state index in [-0.39, 0.29) is 5.91 Å². The van der Waals surface area contributed by atoms with Gasteiger partial charge in [-0.3, -0.25) is 9.78 Å². The number of carbonyl (C=O) groups excluding carboxylic acids is 1. The molecule has 164 valence electrons. The SMILES string of the molecule is O=C(NCCN1CCCC1)c1cc(-c2ccc3c(c2)CCC3=NO)c(-c2ccncc2)o1. The summed E-state index contributed by atoms with van der Waals surface area (Å²) < 4.78 is 6.08. The van der Waals surface area contributed by atoms with Crippen LogP contribution in [0.15, 0.2) is 58.4 Å². The van der Waals surface area contributed by atoms with Crippen molar-refractivity contribution in [3.8, 4) is 22.5 Å². The molecule has 2 aliphatic rings. The second-order valence-electron chi connectivity index (χ2n) is 8.31. The zero-order valence-electron chi connectivity index (χ0n) is 17.9. The van der Waals surface area contributed by atoms with Crippen LogP contribution in [0, 0.1) is 0 Å². The first kappa shape index (κ1) is 20.5. The van der Waals surface area contributed by atoms with Gasteiger partial charge in [-0.1, -0.05) is 23.4 Å². The molecule has 3 aromatic rings. The van der Waals surface area contributed by atoms with Crippen LogP contribution >= 0.6 is 0 Å². The predicted molar refractivity (Wildman–Crippen MR) is 122 cm³/mol. The van der Waals surface area contributed by atoms with Crippen LogP contribution in [0.2, 0.25) is 0 Å². The van der Waals surface area contributed by atoms with E-state index in [9.17, 15) is 10.0 Å². The van der Waals surface area contributed by atoms with E-state index in [1.54, 1.807) is 12.4 Å². The number of benzene rings is 1. The number of furan rings is 1. The average Bonchev–Trinajstić information content (AvgIpc) is 3.58. The number of carbonyl (C=O) groups is 1. The van der Waals surface area contributed by atoms with E-state index in [1.807, 2.05) is 30.3 Å². The maximum atomic E-state index is 12.8. The number of aryl methyl sites for hydroxylation is 1. The topological polar surface area (TPSA) is 91.0 Å². The number of nitrogens with one attached hydrogen (secondary N) is 1. The molecule has 0 spiro atoms. The standard InChI is InChI=1S/C25H26N4O3/c30-25(27-11-14-29-12-1-2-13-29)23-16-21(24(32-23)17-7-9-26-10-8-17)19-3-5-20-18(15-19)4-6-22(20)28-31/h3,5,7-10,15-16,31H,1-2,4,6,11-14H2,(H,27,30). The summed E-state index contributed by atoms with van der Waals surface area (Å²) in [5.74, 6) is 0.735. The van der Waals surface area contributed by atoms with E-state index >= 15 is 0 Å². The molecule has 1 aliphatic carbocycles. The summed E-state index contributed by atoms with van der Waals surface area (Å²) in [4.78, 5) is 19.3. The van der Waals surface area contributed by atoms with Gasteiger partial charge in [-0.05, 0) is 68.1 Å². The number of aromatic nitrogens is 1. The van der Waals surface area contributed by atoms with E-state index in [2.05, 4.69) is 26.4 Å². The number of rotatable bonds is 6. The van der Waals surface area contributed by atoms with Crippen molar-refractivity contribution in [2.45, 2.75) is 25.7 Å². The molecule has 2 aromatic heterocycles. The van der Waals surface area contributed by atoms with Crippen molar-refractivity contribution < 1.29 is 14.4 Å². The number of amides is 1. The maximum Gasteiger partial charge on any atom is 0.287 e. The van der Waals surface area contributed by atoms with Gasteiger partial charge in [0.25, 0.3) is 5.91 Å². The molecular weight excluding hydrogens is 404 g/mol. The Bertz CT molecular complexity index is 1150. The van der Waals surface area contributed by atoms with E-state index < -0.39 is 0 Å². The normalized spacial score (nSPS) is 17.1. The van der Waals surface area contributed by atoms with Gasteiger partial charge in [0.05, 0.1) is 5.71 Å². The minimum atomic E-state index is -0.207. The molecule has 1 fully saturated rings. The number of likely N-dealkylation sites (tertiary alicyclic amines) is 1. The quantitative estimate of drug-likeness (QED) is 0.456. The highest BCUT2D eigenvalue weighted by Gasteiger charge is 2.23. The smallest absolute Gasteiger partial charge is 0.287 e. The zero-order chi connectivity index (χ0) is 21.9. The summed E-state index contributed by atoms with van der Waals surface area (Å²) >= 11 is 0. The molecule has 32 heavy (non-hydrogen) atoms. The minimum Gasteiger partial charge on any atom is -0.450 e. The Morgan fingerprint density at radius 2 is 1.88 bits per heavy atom. The molecule has 3 heterocycles. The van der Waals surface area contributed by atoms with Gasteiger partial charge >= 0.3 is 0 Å². The first-order chi connectivity index (χ1) is 15.7. The Balaban J connectivity index is 1.44. The average molecular weight is 431 g/mol. The lowest BCUT2D eigenvalue weighted by molar-refractivity contribution is 0.0923. The van der Waals surface area contributed by atoms with Crippen LogP contribution in [-0.2, 0) is 6.42 Å². The maximum absolute atomic E-state index is 12.8. The lowest BCUT2D eigenvalue weighted by atomic mass is 9.98. The van der Waals surface area contributed by atoms with Crippen LogP contribution in [-0.4, -0.2) is 52.9 Å². The summed E-state index contributed by atoms with van der Waals surface area (Å²) in [7, 11) is 0. The van der Waals surface area contributed by atoms with Crippen molar-refractivity contribution in [3.05, 3.63) is 65.7 Å². The van der Waals surface area contributed by atoms with Crippen LogP contribution in [0.5, 0.6) is 0 Å². The van der Waals surface area contributed by atoms with Crippen molar-refractivity contribution in [2.75, 3.05) is 26.2 Å². The molecule has 1 aliphatic heterocycles. The van der Waals surface area contributed by atoms with Gasteiger partial charge in [-0.2, -0.15) is 0 Å². The molecule has 1 saturated heterocycles. The van der Waals surface area contributed by atoms with Gasteiger partial charge in [0.15, 0.2) is 5.76 Å². The fourth-order valence-corrected chi connectivity index (χ4v) is 4.60. The molecule has 5 rings (SSSR count). The predicted octanol–water partition coefficient (Wildman–Crippen LogP) is 3.96. The number of hydrogen-bond donors (Lipinski definition) is 2. The van der Waals surface area contributed by atoms with Gasteiger partial charge in [0.1, 0.15) is 5.76 Å². The van der Waals surface area contributed by atoms with Crippen molar-refractivity contribution in [1.82, 2.24) is 15.2 Å². The van der Waals surface area contributed by atoms with E-state index in [0.29, 0.717) is 23.8 Å². The highest BCUT2D eigenvalue weighted by atomic mass is 16.4. The third-order valence-electron chi connectivity index (χ3n) is 6.29. The summed E-state index contributed by atoms with van der Waals surface area (Å²) in [6.45, 7) is 3.67. The number of nitrogens with zero attached hydrogens (tertiary/aromatic N) is 3. The third-order valence-corrected chi connectivity index (χ3v) is 6.29. The Labute approximate surface area is 186 Å². The van der Waals surface area contributed by atoms with Crippen LogP contribution in [0.1, 0.15) is 40.9 Å². The second-order valence-corrected chi connectivity index (χ2v) is 8.31. The van der Waals surface area contributed by atoms with Gasteiger partial charge in [-0.15, -0.1) is 0 Å². The first-order valence-electron chi connectivity index (χ1n) is 11.1. The van der Waals surface area contributed by atoms with Crippen LogP contribution in [0.3, 0.4) is 0 Å². The summed E-state index contributed by atoms with van der Waals surface area (Å²) in [6.07, 6.45) is 7.44. The molecule has 0 atom stereocenters. The molecule has 7 heteroatoms. The first-order valence-corrected chi connectivity index (χ1v) is 11.1. The fourth-order valence-electron chi connectivity index (χ4n) is 4.60. The molecule has 0 radical (unpaired) electrons. The number of hydrogen-bond acceptors (Lipinski definition) is 6. The van der Waals surface area contributed by atoms with Crippen molar-refractivity contribution >= 4 is 11.6 Å². The number of pyridine rings is 1. The third kappa shape index (κ3) is 4.03. The van der Waals surface area contributed by atoms with Gasteiger partial charge < -0.3 is 19.8 Å². The number of fused-ring (bicyclic) bond motifs is 1. The fraction of sp³-hybridized carbons (Fsp3) is 0.320. The van der Waals surface area contributed by atoms with Gasteiger partial charge in [-0.25, -0.2) is 0 Å². The Hall–Kier alpha value is -3.45. The largest absolute Gasteiger partial charge is 0.450 e. The highest BCUT2D eigenvalue weighted by molar-refractivity contribution is 6.05. The van der Waals surface area contributed by atoms with E-state index in [0.717, 1.165) is 60.3 Å². The van der Waals surface area contributed by atoms with Crippen LogP contribution in [0.4, 0.5) is 0 Å². The van der Waals surface area contributed by atoms with Crippen LogP contribution in [0.25, 0.3) is 22.5 Å². The second kappa shape index (κ2) is 8.96.